The van der Waals surface area contributed by atoms with E-state index in [1.54, 1.807) is 0 Å². The van der Waals surface area contributed by atoms with Crippen molar-refractivity contribution in [3.8, 4) is 0 Å². The molecule has 2 N–H and O–H groups in total. The molecule has 0 spiro atoms. The predicted molar refractivity (Wildman–Crippen MR) is 84.4 cm³/mol. The first-order chi connectivity index (χ1) is 10.1. The minimum atomic E-state index is -1.03. The van der Waals surface area contributed by atoms with Crippen LogP contribution in [-0.4, -0.2) is 22.2 Å². The Morgan fingerprint density at radius 1 is 0.905 bits per heavy atom. The maximum absolute atomic E-state index is 10.9. The van der Waals surface area contributed by atoms with Crippen molar-refractivity contribution in [2.24, 2.45) is 5.92 Å². The molecular weight excluding hydrogens is 268 g/mol. The molecule has 0 aliphatic rings. The highest BCUT2D eigenvalue weighted by molar-refractivity contribution is 5.77. The van der Waals surface area contributed by atoms with Gasteiger partial charge in [0.2, 0.25) is 0 Å². The normalized spacial score (nSPS) is 12.6. The lowest BCUT2D eigenvalue weighted by atomic mass is 9.97. The van der Waals surface area contributed by atoms with Crippen LogP contribution in [0.4, 0.5) is 0 Å². The molecular formula is C17H30O4. The van der Waals surface area contributed by atoms with Gasteiger partial charge in [-0.3, -0.25) is 9.59 Å². The van der Waals surface area contributed by atoms with E-state index >= 15 is 0 Å². The van der Waals surface area contributed by atoms with Gasteiger partial charge in [-0.25, -0.2) is 0 Å². The summed E-state index contributed by atoms with van der Waals surface area (Å²) in [6.45, 7) is 2.05. The molecule has 1 atom stereocenters. The van der Waals surface area contributed by atoms with Gasteiger partial charge in [-0.05, 0) is 26.2 Å². The van der Waals surface area contributed by atoms with E-state index in [1.807, 2.05) is 6.92 Å². The van der Waals surface area contributed by atoms with E-state index in [0.29, 0.717) is 6.42 Å². The number of hydrogen-bond donors (Lipinski definition) is 2. The van der Waals surface area contributed by atoms with Crippen LogP contribution in [0.1, 0.15) is 77.6 Å². The number of carbonyl (C=O) groups is 2. The van der Waals surface area contributed by atoms with E-state index in [2.05, 4.69) is 12.2 Å². The number of carboxylic acid groups (broad SMARTS) is 2. The maximum Gasteiger partial charge on any atom is 0.307 e. The number of carboxylic acids is 2. The molecule has 21 heavy (non-hydrogen) atoms. The van der Waals surface area contributed by atoms with Crippen molar-refractivity contribution in [3.05, 3.63) is 12.2 Å². The third kappa shape index (κ3) is 13.4. The summed E-state index contributed by atoms with van der Waals surface area (Å²) in [5.74, 6) is -2.74. The Labute approximate surface area is 128 Å². The van der Waals surface area contributed by atoms with Crippen molar-refractivity contribution >= 4 is 11.9 Å². The van der Waals surface area contributed by atoms with Crippen molar-refractivity contribution in [1.29, 1.82) is 0 Å². The van der Waals surface area contributed by atoms with Crippen LogP contribution in [-0.2, 0) is 9.59 Å². The highest BCUT2D eigenvalue weighted by Crippen LogP contribution is 2.16. The Morgan fingerprint density at radius 2 is 1.43 bits per heavy atom. The Bertz CT molecular complexity index is 310. The summed E-state index contributed by atoms with van der Waals surface area (Å²) in [5.41, 5.74) is 0. The monoisotopic (exact) mass is 298 g/mol. The van der Waals surface area contributed by atoms with Gasteiger partial charge in [0.15, 0.2) is 0 Å². The van der Waals surface area contributed by atoms with E-state index in [4.69, 9.17) is 10.2 Å². The average molecular weight is 298 g/mol. The largest absolute Gasteiger partial charge is 0.481 e. The maximum atomic E-state index is 10.9. The fraction of sp³-hybridized carbons (Fsp3) is 0.765. The molecule has 4 nitrogen and oxygen atoms in total. The van der Waals surface area contributed by atoms with Gasteiger partial charge in [0.1, 0.15) is 0 Å². The molecule has 0 bridgehead atoms. The molecule has 0 aliphatic carbocycles. The van der Waals surface area contributed by atoms with Crippen LogP contribution in [0, 0.1) is 5.92 Å². The van der Waals surface area contributed by atoms with E-state index in [-0.39, 0.29) is 6.42 Å². The minimum absolute atomic E-state index is 0.262. The second kappa shape index (κ2) is 13.7. The Hall–Kier alpha value is -1.32. The summed E-state index contributed by atoms with van der Waals surface area (Å²) in [5, 5.41) is 17.6. The summed E-state index contributed by atoms with van der Waals surface area (Å²) in [6.07, 6.45) is 14.9. The summed E-state index contributed by atoms with van der Waals surface area (Å²) in [4.78, 5) is 21.4. The van der Waals surface area contributed by atoms with Gasteiger partial charge >= 0.3 is 11.9 Å². The summed E-state index contributed by atoms with van der Waals surface area (Å²) in [7, 11) is 0. The van der Waals surface area contributed by atoms with Gasteiger partial charge in [-0.2, -0.15) is 0 Å². The van der Waals surface area contributed by atoms with E-state index in [1.165, 1.54) is 38.5 Å². The van der Waals surface area contributed by atoms with Crippen molar-refractivity contribution in [2.45, 2.75) is 77.6 Å². The predicted octanol–water partition coefficient (Wildman–Crippen LogP) is 4.64. The lowest BCUT2D eigenvalue weighted by Crippen LogP contribution is -2.17. The molecule has 0 aliphatic heterocycles. The average Bonchev–Trinajstić information content (AvgIpc) is 2.42. The number of rotatable bonds is 14. The summed E-state index contributed by atoms with van der Waals surface area (Å²) < 4.78 is 0. The van der Waals surface area contributed by atoms with Gasteiger partial charge < -0.3 is 10.2 Å². The van der Waals surface area contributed by atoms with Gasteiger partial charge in [0.25, 0.3) is 0 Å². The van der Waals surface area contributed by atoms with Crippen LogP contribution in [0.3, 0.4) is 0 Å². The molecule has 0 aromatic heterocycles. The first kappa shape index (κ1) is 19.7. The molecule has 0 saturated carbocycles. The quantitative estimate of drug-likeness (QED) is 0.362. The van der Waals surface area contributed by atoms with Crippen LogP contribution in [0.25, 0.3) is 0 Å². The van der Waals surface area contributed by atoms with Gasteiger partial charge in [-0.15, -0.1) is 0 Å². The van der Waals surface area contributed by atoms with E-state index in [9.17, 15) is 9.59 Å². The zero-order valence-corrected chi connectivity index (χ0v) is 13.2. The molecule has 4 heteroatoms. The lowest BCUT2D eigenvalue weighted by molar-refractivity contribution is -0.148. The number of aliphatic carboxylic acids is 2. The van der Waals surface area contributed by atoms with Gasteiger partial charge in [0.05, 0.1) is 12.3 Å². The van der Waals surface area contributed by atoms with Gasteiger partial charge in [-0.1, -0.05) is 57.1 Å². The summed E-state index contributed by atoms with van der Waals surface area (Å²) in [6, 6.07) is 0. The fourth-order valence-electron chi connectivity index (χ4n) is 2.40. The molecule has 122 valence electrons. The van der Waals surface area contributed by atoms with Crippen LogP contribution in [0.15, 0.2) is 12.2 Å². The number of unbranched alkanes of at least 4 members (excludes halogenated alkanes) is 8. The third-order valence-electron chi connectivity index (χ3n) is 3.68. The zero-order chi connectivity index (χ0) is 15.9. The van der Waals surface area contributed by atoms with E-state index < -0.39 is 17.9 Å². The Morgan fingerprint density at radius 3 is 1.90 bits per heavy atom. The van der Waals surface area contributed by atoms with Crippen molar-refractivity contribution in [3.63, 3.8) is 0 Å². The van der Waals surface area contributed by atoms with Gasteiger partial charge in [0, 0.05) is 0 Å². The molecule has 1 unspecified atom stereocenters. The number of hydrogen-bond acceptors (Lipinski definition) is 2. The standard InChI is InChI=1S/C17H30O4/c1-2-3-4-5-6-7-8-9-10-11-12-13-15(17(20)21)14-16(18)19/h2-3,15H,4-14H2,1H3,(H,18,19)(H,20,21)/b3-2+. The van der Waals surface area contributed by atoms with Crippen LogP contribution >= 0.6 is 0 Å². The molecule has 0 fully saturated rings. The lowest BCUT2D eigenvalue weighted by Gasteiger charge is -2.09. The first-order valence-corrected chi connectivity index (χ1v) is 8.13. The van der Waals surface area contributed by atoms with Crippen molar-refractivity contribution in [2.75, 3.05) is 0 Å². The van der Waals surface area contributed by atoms with Crippen LogP contribution in [0.2, 0.25) is 0 Å². The van der Waals surface area contributed by atoms with E-state index in [0.717, 1.165) is 19.3 Å². The first-order valence-electron chi connectivity index (χ1n) is 8.13. The second-order valence-corrected chi connectivity index (χ2v) is 5.61. The molecule has 0 aromatic carbocycles. The van der Waals surface area contributed by atoms with Crippen molar-refractivity contribution < 1.29 is 19.8 Å². The Kier molecular flexibility index (Phi) is 12.8. The Balaban J connectivity index is 3.41. The van der Waals surface area contributed by atoms with Crippen LogP contribution in [0.5, 0.6) is 0 Å². The highest BCUT2D eigenvalue weighted by Gasteiger charge is 2.19. The smallest absolute Gasteiger partial charge is 0.307 e. The zero-order valence-electron chi connectivity index (χ0n) is 13.2. The minimum Gasteiger partial charge on any atom is -0.481 e. The molecule has 0 amide bonds. The molecule has 0 rings (SSSR count). The SMILES string of the molecule is C/C=C/CCCCCCCCCCC(CC(=O)O)C(=O)O. The topological polar surface area (TPSA) is 74.6 Å². The highest BCUT2D eigenvalue weighted by atomic mass is 16.4. The molecule has 0 heterocycles. The molecule has 0 saturated heterocycles. The second-order valence-electron chi connectivity index (χ2n) is 5.61. The fourth-order valence-corrected chi connectivity index (χ4v) is 2.40. The molecule has 0 radical (unpaired) electrons. The third-order valence-corrected chi connectivity index (χ3v) is 3.68. The number of allylic oxidation sites excluding steroid dienone is 2. The van der Waals surface area contributed by atoms with Crippen LogP contribution < -0.4 is 0 Å². The summed E-state index contributed by atoms with van der Waals surface area (Å²) >= 11 is 0. The van der Waals surface area contributed by atoms with Crippen molar-refractivity contribution in [1.82, 2.24) is 0 Å². The molecule has 0 aromatic rings.